The molecule has 5 rings (SSSR count). The van der Waals surface area contributed by atoms with E-state index in [2.05, 4.69) is 4.98 Å². The Hall–Kier alpha value is -4.34. The number of aromatic nitrogens is 2. The number of fused-ring (bicyclic) bond motifs is 1. The Bertz CT molecular complexity index is 1330. The Morgan fingerprint density at radius 1 is 1.00 bits per heavy atom. The molecule has 192 valence electrons. The monoisotopic (exact) mass is 504 g/mol. The number of hydrogen-bond donors (Lipinski definition) is 1. The molecule has 3 heterocycles. The molecule has 1 unspecified atom stereocenters. The number of ether oxygens (including phenoxy) is 2. The Morgan fingerprint density at radius 3 is 2.49 bits per heavy atom. The highest BCUT2D eigenvalue weighted by Gasteiger charge is 2.38. The van der Waals surface area contributed by atoms with Gasteiger partial charge in [-0.3, -0.25) is 14.5 Å². The lowest BCUT2D eigenvalue weighted by Gasteiger charge is -2.33. The summed E-state index contributed by atoms with van der Waals surface area (Å²) < 4.78 is 12.8. The van der Waals surface area contributed by atoms with Crippen molar-refractivity contribution in [3.63, 3.8) is 0 Å². The molecule has 0 bridgehead atoms. The molecule has 1 fully saturated rings. The van der Waals surface area contributed by atoms with E-state index in [9.17, 15) is 19.5 Å². The molecular formula is C27H28N4O6. The lowest BCUT2D eigenvalue weighted by molar-refractivity contribution is 0.0658. The van der Waals surface area contributed by atoms with Gasteiger partial charge in [-0.2, -0.15) is 4.98 Å². The molecule has 0 aliphatic carbocycles. The zero-order valence-corrected chi connectivity index (χ0v) is 20.3. The number of hydrogen-bond acceptors (Lipinski definition) is 7. The lowest BCUT2D eigenvalue weighted by atomic mass is 10.1. The fourth-order valence-corrected chi connectivity index (χ4v) is 4.79. The summed E-state index contributed by atoms with van der Waals surface area (Å²) in [6.07, 6.45) is 0.762. The Morgan fingerprint density at radius 2 is 1.73 bits per heavy atom. The summed E-state index contributed by atoms with van der Waals surface area (Å²) in [7, 11) is 0. The molecule has 0 saturated carbocycles. The summed E-state index contributed by atoms with van der Waals surface area (Å²) >= 11 is 0. The van der Waals surface area contributed by atoms with Gasteiger partial charge in [0.15, 0.2) is 5.69 Å². The molecule has 1 N–H and O–H groups in total. The van der Waals surface area contributed by atoms with Crippen LogP contribution in [-0.2, 0) is 17.9 Å². The summed E-state index contributed by atoms with van der Waals surface area (Å²) in [6.45, 7) is 1.81. The first-order valence-corrected chi connectivity index (χ1v) is 12.3. The van der Waals surface area contributed by atoms with Crippen molar-refractivity contribution in [3.05, 3.63) is 88.1 Å². The largest absolute Gasteiger partial charge is 0.501 e. The third-order valence-corrected chi connectivity index (χ3v) is 6.64. The minimum Gasteiger partial charge on any atom is -0.501 e. The second kappa shape index (κ2) is 10.7. The smallest absolute Gasteiger partial charge is 0.410 e. The molecule has 1 aromatic heterocycles. The topological polar surface area (TPSA) is 114 Å². The normalized spacial score (nSPS) is 17.0. The minimum absolute atomic E-state index is 0.106. The van der Waals surface area contributed by atoms with Crippen molar-refractivity contribution in [2.75, 3.05) is 26.2 Å². The quantitative estimate of drug-likeness (QED) is 0.526. The molecule has 37 heavy (non-hydrogen) atoms. The van der Waals surface area contributed by atoms with Crippen LogP contribution in [0.4, 0.5) is 4.79 Å². The number of para-hydroxylation sites is 1. The van der Waals surface area contributed by atoms with Gasteiger partial charge in [0.05, 0.1) is 12.6 Å². The zero-order chi connectivity index (χ0) is 25.8. The van der Waals surface area contributed by atoms with Gasteiger partial charge in [0, 0.05) is 19.6 Å². The van der Waals surface area contributed by atoms with Gasteiger partial charge in [-0.15, -0.1) is 0 Å². The first-order chi connectivity index (χ1) is 18.0. The van der Waals surface area contributed by atoms with Crippen molar-refractivity contribution in [2.24, 2.45) is 0 Å². The summed E-state index contributed by atoms with van der Waals surface area (Å²) in [5.74, 6) is -0.171. The fraction of sp³-hybridized carbons (Fsp3) is 0.333. The number of aromatic hydroxyl groups is 1. The predicted molar refractivity (Wildman–Crippen MR) is 133 cm³/mol. The van der Waals surface area contributed by atoms with Gasteiger partial charge in [0.25, 0.3) is 5.91 Å². The number of nitrogens with zero attached hydrogens (tertiary/aromatic N) is 4. The van der Waals surface area contributed by atoms with E-state index in [1.54, 1.807) is 14.4 Å². The highest BCUT2D eigenvalue weighted by molar-refractivity contribution is 5.95. The number of rotatable bonds is 7. The average Bonchev–Trinajstić information content (AvgIpc) is 3.41. The van der Waals surface area contributed by atoms with E-state index in [1.807, 2.05) is 60.7 Å². The van der Waals surface area contributed by atoms with Crippen LogP contribution < -0.4 is 10.3 Å². The number of benzene rings is 2. The zero-order valence-electron chi connectivity index (χ0n) is 20.3. The van der Waals surface area contributed by atoms with E-state index >= 15 is 0 Å². The summed E-state index contributed by atoms with van der Waals surface area (Å²) in [4.78, 5) is 46.0. The highest BCUT2D eigenvalue weighted by atomic mass is 16.6. The standard InChI is InChI=1S/C27H28N4O6/c32-23-22-26(34)29(16-17-36-20-10-5-2-6-11-20)14-15-31(22)24(28-25(23)33)21-12-7-13-30(21)27(35)37-18-19-8-3-1-4-9-19/h1-6,8-11,21,32H,7,12-18H2. The van der Waals surface area contributed by atoms with Crippen LogP contribution in [0.3, 0.4) is 0 Å². The Kier molecular flexibility index (Phi) is 7.07. The van der Waals surface area contributed by atoms with Gasteiger partial charge in [-0.25, -0.2) is 4.79 Å². The van der Waals surface area contributed by atoms with Gasteiger partial charge < -0.3 is 24.0 Å². The van der Waals surface area contributed by atoms with Gasteiger partial charge in [-0.05, 0) is 30.5 Å². The summed E-state index contributed by atoms with van der Waals surface area (Å²) in [6, 6.07) is 18.1. The van der Waals surface area contributed by atoms with E-state index in [1.165, 1.54) is 0 Å². The van der Waals surface area contributed by atoms with E-state index in [0.717, 1.165) is 5.56 Å². The number of carbonyl (C=O) groups is 2. The lowest BCUT2D eigenvalue weighted by Crippen LogP contribution is -2.46. The van der Waals surface area contributed by atoms with Gasteiger partial charge in [-0.1, -0.05) is 48.5 Å². The average molecular weight is 505 g/mol. The molecule has 1 saturated heterocycles. The van der Waals surface area contributed by atoms with E-state index in [-0.39, 0.29) is 18.9 Å². The maximum atomic E-state index is 13.3. The second-order valence-electron chi connectivity index (χ2n) is 8.97. The van der Waals surface area contributed by atoms with Crippen LogP contribution in [0.25, 0.3) is 0 Å². The van der Waals surface area contributed by atoms with Crippen LogP contribution in [0.5, 0.6) is 11.5 Å². The van der Waals surface area contributed by atoms with E-state index in [0.29, 0.717) is 50.6 Å². The molecule has 10 heteroatoms. The molecule has 2 amide bonds. The third kappa shape index (κ3) is 5.13. The molecule has 2 aliphatic heterocycles. The first-order valence-electron chi connectivity index (χ1n) is 12.3. The predicted octanol–water partition coefficient (Wildman–Crippen LogP) is 2.96. The fourth-order valence-electron chi connectivity index (χ4n) is 4.79. The van der Waals surface area contributed by atoms with Crippen molar-refractivity contribution in [2.45, 2.75) is 32.0 Å². The molecule has 0 radical (unpaired) electrons. The van der Waals surface area contributed by atoms with Gasteiger partial charge in [0.2, 0.25) is 5.75 Å². The first kappa shape index (κ1) is 24.4. The minimum atomic E-state index is -0.888. The maximum Gasteiger partial charge on any atom is 0.410 e. The van der Waals surface area contributed by atoms with Crippen molar-refractivity contribution in [1.82, 2.24) is 19.4 Å². The van der Waals surface area contributed by atoms with Crippen LogP contribution >= 0.6 is 0 Å². The molecular weight excluding hydrogens is 476 g/mol. The molecule has 0 spiro atoms. The molecule has 3 aromatic rings. The summed E-state index contributed by atoms with van der Waals surface area (Å²) in [5.41, 5.74) is -0.128. The van der Waals surface area contributed by atoms with Gasteiger partial charge in [0.1, 0.15) is 24.8 Å². The van der Waals surface area contributed by atoms with Crippen molar-refractivity contribution < 1.29 is 24.2 Å². The van der Waals surface area contributed by atoms with Crippen LogP contribution in [-0.4, -0.2) is 62.7 Å². The van der Waals surface area contributed by atoms with Crippen LogP contribution in [0.2, 0.25) is 0 Å². The second-order valence-corrected chi connectivity index (χ2v) is 8.97. The van der Waals surface area contributed by atoms with Crippen LogP contribution in [0, 0.1) is 0 Å². The Labute approximate surface area is 213 Å². The Balaban J connectivity index is 1.33. The van der Waals surface area contributed by atoms with E-state index in [4.69, 9.17) is 9.47 Å². The highest BCUT2D eigenvalue weighted by Crippen LogP contribution is 2.33. The van der Waals surface area contributed by atoms with Gasteiger partial charge >= 0.3 is 11.7 Å². The molecule has 2 aromatic carbocycles. The van der Waals surface area contributed by atoms with Crippen molar-refractivity contribution in [1.29, 1.82) is 0 Å². The van der Waals surface area contributed by atoms with E-state index < -0.39 is 29.4 Å². The molecule has 1 atom stereocenters. The number of amides is 2. The number of carbonyl (C=O) groups excluding carboxylic acids is 2. The number of likely N-dealkylation sites (tertiary alicyclic amines) is 1. The molecule has 2 aliphatic rings. The van der Waals surface area contributed by atoms with Crippen molar-refractivity contribution in [3.8, 4) is 11.5 Å². The van der Waals surface area contributed by atoms with Crippen molar-refractivity contribution >= 4 is 12.0 Å². The van der Waals surface area contributed by atoms with Crippen LogP contribution in [0.1, 0.15) is 40.8 Å². The molecule has 10 nitrogen and oxygen atoms in total. The maximum absolute atomic E-state index is 13.3. The summed E-state index contributed by atoms with van der Waals surface area (Å²) in [5, 5.41) is 10.5. The SMILES string of the molecule is O=C1c2c(O)c(=O)nc(C3CCCN3C(=O)OCc3ccccc3)n2CCN1CCOc1ccccc1. The van der Waals surface area contributed by atoms with Crippen LogP contribution in [0.15, 0.2) is 65.5 Å². The third-order valence-electron chi connectivity index (χ3n) is 6.64.